The van der Waals surface area contributed by atoms with Crippen LogP contribution in [0, 0.1) is 12.7 Å². The Hall–Kier alpha value is -0.640. The molecular formula is C16H25ClFNO. The summed E-state index contributed by atoms with van der Waals surface area (Å²) in [4.78, 5) is 0. The summed E-state index contributed by atoms with van der Waals surface area (Å²) in [5, 5.41) is 3.88. The van der Waals surface area contributed by atoms with Gasteiger partial charge in [0.25, 0.3) is 0 Å². The molecule has 0 saturated carbocycles. The summed E-state index contributed by atoms with van der Waals surface area (Å²) in [6.45, 7) is 4.50. The van der Waals surface area contributed by atoms with Gasteiger partial charge < -0.3 is 10.1 Å². The third-order valence-electron chi connectivity index (χ3n) is 3.36. The van der Waals surface area contributed by atoms with Gasteiger partial charge in [-0.25, -0.2) is 4.39 Å². The number of rotatable bonds is 10. The number of unbranched alkanes of at least 4 members (excludes halogenated alkanes) is 3. The fourth-order valence-corrected chi connectivity index (χ4v) is 2.37. The molecule has 0 heterocycles. The Morgan fingerprint density at radius 2 is 1.90 bits per heavy atom. The number of hydrogen-bond acceptors (Lipinski definition) is 2. The van der Waals surface area contributed by atoms with Gasteiger partial charge in [0, 0.05) is 18.7 Å². The van der Waals surface area contributed by atoms with Crippen molar-refractivity contribution in [2.45, 2.75) is 39.0 Å². The Morgan fingerprint density at radius 1 is 1.15 bits per heavy atom. The second-order valence-corrected chi connectivity index (χ2v) is 5.51. The van der Waals surface area contributed by atoms with E-state index in [-0.39, 0.29) is 5.82 Å². The minimum absolute atomic E-state index is 0.221. The average molecular weight is 302 g/mol. The predicted molar refractivity (Wildman–Crippen MR) is 83.1 cm³/mol. The molecule has 0 aromatic heterocycles. The topological polar surface area (TPSA) is 21.3 Å². The van der Waals surface area contributed by atoms with Crippen LogP contribution >= 0.6 is 11.6 Å². The van der Waals surface area contributed by atoms with Crippen LogP contribution in [0.1, 0.15) is 36.8 Å². The predicted octanol–water partition coefficient (Wildman–Crippen LogP) is 4.13. The Balaban J connectivity index is 2.11. The van der Waals surface area contributed by atoms with Gasteiger partial charge in [0.2, 0.25) is 0 Å². The van der Waals surface area contributed by atoms with Crippen molar-refractivity contribution in [3.05, 3.63) is 34.1 Å². The molecule has 4 heteroatoms. The third kappa shape index (κ3) is 6.69. The van der Waals surface area contributed by atoms with Crippen LogP contribution in [0.5, 0.6) is 0 Å². The van der Waals surface area contributed by atoms with Gasteiger partial charge in [0.1, 0.15) is 5.82 Å². The smallest absolute Gasteiger partial charge is 0.127 e. The van der Waals surface area contributed by atoms with E-state index in [4.69, 9.17) is 16.3 Å². The lowest BCUT2D eigenvalue weighted by atomic mass is 10.0. The summed E-state index contributed by atoms with van der Waals surface area (Å²) in [5.41, 5.74) is 1.73. The van der Waals surface area contributed by atoms with Crippen molar-refractivity contribution in [1.82, 2.24) is 5.32 Å². The molecule has 1 rings (SSSR count). The molecule has 114 valence electrons. The standard InChI is InChI=1S/C16H25ClFNO/c1-13-11-14(15(17)12-16(13)18)7-5-3-4-6-8-19-9-10-20-2/h11-12,19H,3-10H2,1-2H3. The summed E-state index contributed by atoms with van der Waals surface area (Å²) in [5.74, 6) is -0.221. The van der Waals surface area contributed by atoms with Gasteiger partial charge in [-0.05, 0) is 49.9 Å². The number of nitrogens with one attached hydrogen (secondary N) is 1. The highest BCUT2D eigenvalue weighted by atomic mass is 35.5. The van der Waals surface area contributed by atoms with Gasteiger partial charge >= 0.3 is 0 Å². The zero-order chi connectivity index (χ0) is 14.8. The number of hydrogen-bond donors (Lipinski definition) is 1. The Kier molecular flexibility index (Phi) is 8.83. The SMILES string of the molecule is COCCNCCCCCCc1cc(C)c(F)cc1Cl. The van der Waals surface area contributed by atoms with Crippen LogP contribution in [0.25, 0.3) is 0 Å². The molecule has 0 unspecified atom stereocenters. The summed E-state index contributed by atoms with van der Waals surface area (Å²) in [6, 6.07) is 3.29. The van der Waals surface area contributed by atoms with Crippen LogP contribution in [0.15, 0.2) is 12.1 Å². The summed E-state index contributed by atoms with van der Waals surface area (Å²) in [6.07, 6.45) is 5.59. The van der Waals surface area contributed by atoms with Gasteiger partial charge in [0.05, 0.1) is 6.61 Å². The summed E-state index contributed by atoms with van der Waals surface area (Å²) in [7, 11) is 1.71. The van der Waals surface area contributed by atoms with Gasteiger partial charge in [-0.3, -0.25) is 0 Å². The summed E-state index contributed by atoms with van der Waals surface area (Å²) < 4.78 is 18.2. The van der Waals surface area contributed by atoms with Crippen molar-refractivity contribution in [2.24, 2.45) is 0 Å². The van der Waals surface area contributed by atoms with E-state index in [0.717, 1.165) is 38.1 Å². The number of methoxy groups -OCH3 is 1. The fraction of sp³-hybridized carbons (Fsp3) is 0.625. The van der Waals surface area contributed by atoms with E-state index < -0.39 is 0 Å². The molecule has 0 aliphatic carbocycles. The van der Waals surface area contributed by atoms with E-state index in [1.807, 2.05) is 6.07 Å². The van der Waals surface area contributed by atoms with Gasteiger partial charge in [-0.2, -0.15) is 0 Å². The van der Waals surface area contributed by atoms with E-state index in [9.17, 15) is 4.39 Å². The van der Waals surface area contributed by atoms with E-state index in [1.165, 1.54) is 25.3 Å². The first-order valence-corrected chi connectivity index (χ1v) is 7.67. The van der Waals surface area contributed by atoms with E-state index in [1.54, 1.807) is 14.0 Å². The van der Waals surface area contributed by atoms with E-state index in [0.29, 0.717) is 10.6 Å². The van der Waals surface area contributed by atoms with Gasteiger partial charge in [0.15, 0.2) is 0 Å². The number of aryl methyl sites for hydroxylation is 2. The first-order chi connectivity index (χ1) is 9.65. The third-order valence-corrected chi connectivity index (χ3v) is 3.71. The van der Waals surface area contributed by atoms with E-state index >= 15 is 0 Å². The molecule has 0 radical (unpaired) electrons. The van der Waals surface area contributed by atoms with Crippen molar-refractivity contribution in [1.29, 1.82) is 0 Å². The molecule has 0 bridgehead atoms. The molecule has 1 aromatic rings. The fourth-order valence-electron chi connectivity index (χ4n) is 2.13. The zero-order valence-corrected chi connectivity index (χ0v) is 13.2. The minimum Gasteiger partial charge on any atom is -0.383 e. The lowest BCUT2D eigenvalue weighted by Gasteiger charge is -2.07. The highest BCUT2D eigenvalue weighted by molar-refractivity contribution is 6.31. The van der Waals surface area contributed by atoms with Gasteiger partial charge in [-0.1, -0.05) is 30.5 Å². The number of benzene rings is 1. The van der Waals surface area contributed by atoms with Crippen molar-refractivity contribution in [3.8, 4) is 0 Å². The van der Waals surface area contributed by atoms with Crippen molar-refractivity contribution < 1.29 is 9.13 Å². The minimum atomic E-state index is -0.221. The molecule has 0 fully saturated rings. The maximum Gasteiger partial charge on any atom is 0.127 e. The first-order valence-electron chi connectivity index (χ1n) is 7.29. The molecule has 0 aliphatic heterocycles. The van der Waals surface area contributed by atoms with Crippen LogP contribution in [-0.2, 0) is 11.2 Å². The first kappa shape index (κ1) is 17.4. The van der Waals surface area contributed by atoms with Crippen molar-refractivity contribution in [2.75, 3.05) is 26.8 Å². The van der Waals surface area contributed by atoms with Crippen molar-refractivity contribution in [3.63, 3.8) is 0 Å². The Bertz CT molecular complexity index is 398. The molecule has 0 atom stereocenters. The Labute approximate surface area is 126 Å². The lowest BCUT2D eigenvalue weighted by Crippen LogP contribution is -2.20. The zero-order valence-electron chi connectivity index (χ0n) is 12.5. The number of ether oxygens (including phenoxy) is 1. The highest BCUT2D eigenvalue weighted by Gasteiger charge is 2.05. The van der Waals surface area contributed by atoms with Crippen LogP contribution in [0.3, 0.4) is 0 Å². The molecule has 0 saturated heterocycles. The van der Waals surface area contributed by atoms with Crippen molar-refractivity contribution >= 4 is 11.6 Å². The molecular weight excluding hydrogens is 277 g/mol. The molecule has 1 N–H and O–H groups in total. The second-order valence-electron chi connectivity index (χ2n) is 5.10. The van der Waals surface area contributed by atoms with Crippen LogP contribution in [0.4, 0.5) is 4.39 Å². The van der Waals surface area contributed by atoms with Crippen LogP contribution < -0.4 is 5.32 Å². The molecule has 1 aromatic carbocycles. The molecule has 0 aliphatic rings. The summed E-state index contributed by atoms with van der Waals surface area (Å²) >= 11 is 6.05. The molecule has 0 amide bonds. The van der Waals surface area contributed by atoms with Crippen LogP contribution in [0.2, 0.25) is 5.02 Å². The molecule has 2 nitrogen and oxygen atoms in total. The normalized spacial score (nSPS) is 11.0. The van der Waals surface area contributed by atoms with E-state index in [2.05, 4.69) is 5.32 Å². The second kappa shape index (κ2) is 10.1. The quantitative estimate of drug-likeness (QED) is 0.656. The Morgan fingerprint density at radius 3 is 2.65 bits per heavy atom. The maximum absolute atomic E-state index is 13.3. The lowest BCUT2D eigenvalue weighted by molar-refractivity contribution is 0.199. The molecule has 0 spiro atoms. The molecule has 20 heavy (non-hydrogen) atoms. The maximum atomic E-state index is 13.3. The average Bonchev–Trinajstić information content (AvgIpc) is 2.42. The van der Waals surface area contributed by atoms with Gasteiger partial charge in [-0.15, -0.1) is 0 Å². The highest BCUT2D eigenvalue weighted by Crippen LogP contribution is 2.22. The van der Waals surface area contributed by atoms with Crippen LogP contribution in [-0.4, -0.2) is 26.8 Å². The monoisotopic (exact) mass is 301 g/mol. The number of halogens is 2. The largest absolute Gasteiger partial charge is 0.383 e.